The minimum atomic E-state index is -0.548. The maximum Gasteiger partial charge on any atom is 0.338 e. The van der Waals surface area contributed by atoms with E-state index in [9.17, 15) is 9.59 Å². The summed E-state index contributed by atoms with van der Waals surface area (Å²) in [5.74, 6) is 0.369. The average Bonchev–Trinajstić information content (AvgIpc) is 3.05. The summed E-state index contributed by atoms with van der Waals surface area (Å²) >= 11 is 1.36. The minimum Gasteiger partial charge on any atom is -0.493 e. The number of benzene rings is 1. The van der Waals surface area contributed by atoms with E-state index in [1.54, 1.807) is 18.2 Å². The summed E-state index contributed by atoms with van der Waals surface area (Å²) < 4.78 is 17.5. The van der Waals surface area contributed by atoms with Crippen LogP contribution in [0.15, 0.2) is 47.1 Å². The highest BCUT2D eigenvalue weighted by Crippen LogP contribution is 2.28. The van der Waals surface area contributed by atoms with Gasteiger partial charge in [-0.25, -0.2) is 9.78 Å². The zero-order chi connectivity index (χ0) is 19.4. The number of methoxy groups -OCH3 is 1. The van der Waals surface area contributed by atoms with Gasteiger partial charge in [0, 0.05) is 17.1 Å². The summed E-state index contributed by atoms with van der Waals surface area (Å²) in [6, 6.07) is 6.11. The van der Waals surface area contributed by atoms with Gasteiger partial charge in [0.1, 0.15) is 13.2 Å². The fourth-order valence-electron chi connectivity index (χ4n) is 2.46. The number of nitrogens with zero attached hydrogens (tertiary/aromatic N) is 2. The van der Waals surface area contributed by atoms with Gasteiger partial charge in [-0.05, 0) is 25.1 Å². The number of esters is 1. The Kier molecular flexibility index (Phi) is 5.56. The lowest BCUT2D eigenvalue weighted by Crippen LogP contribution is -2.16. The minimum absolute atomic E-state index is 0.0987. The molecule has 3 rings (SSSR count). The Morgan fingerprint density at radius 3 is 2.89 bits per heavy atom. The fourth-order valence-corrected chi connectivity index (χ4v) is 3.35. The summed E-state index contributed by atoms with van der Waals surface area (Å²) in [6.45, 7) is 5.65. The number of carbonyl (C=O) groups is 1. The quantitative estimate of drug-likeness (QED) is 0.459. The number of hydrogen-bond acceptors (Lipinski definition) is 7. The monoisotopic (exact) mass is 386 g/mol. The lowest BCUT2D eigenvalue weighted by molar-refractivity contribution is 0.0467. The van der Waals surface area contributed by atoms with Gasteiger partial charge in [-0.2, -0.15) is 0 Å². The molecule has 0 atom stereocenters. The highest BCUT2D eigenvalue weighted by molar-refractivity contribution is 7.15. The van der Waals surface area contributed by atoms with Gasteiger partial charge in [0.25, 0.3) is 5.56 Å². The van der Waals surface area contributed by atoms with Crippen LogP contribution in [0, 0.1) is 6.92 Å². The maximum atomic E-state index is 12.3. The Morgan fingerprint density at radius 2 is 2.15 bits per heavy atom. The molecule has 0 amide bonds. The Morgan fingerprint density at radius 1 is 1.33 bits per heavy atom. The van der Waals surface area contributed by atoms with Crippen LogP contribution in [-0.2, 0) is 11.3 Å². The molecule has 1 aromatic carbocycles. The second kappa shape index (κ2) is 8.05. The van der Waals surface area contributed by atoms with Gasteiger partial charge in [0.05, 0.1) is 18.4 Å². The highest BCUT2D eigenvalue weighted by Gasteiger charge is 2.14. The van der Waals surface area contributed by atoms with E-state index >= 15 is 0 Å². The van der Waals surface area contributed by atoms with Gasteiger partial charge in [-0.3, -0.25) is 9.20 Å². The van der Waals surface area contributed by atoms with Crippen molar-refractivity contribution in [2.24, 2.45) is 0 Å². The van der Waals surface area contributed by atoms with Crippen molar-refractivity contribution in [3.05, 3.63) is 69.6 Å². The van der Waals surface area contributed by atoms with Crippen LogP contribution in [0.2, 0.25) is 0 Å². The Balaban J connectivity index is 1.74. The highest BCUT2D eigenvalue weighted by atomic mass is 32.1. The van der Waals surface area contributed by atoms with Crippen molar-refractivity contribution < 1.29 is 19.0 Å². The van der Waals surface area contributed by atoms with E-state index in [1.165, 1.54) is 35.0 Å². The standard InChI is InChI=1S/C19H18N2O5S/c1-4-7-25-15-6-5-13(8-16(15)24-3)18(23)26-10-14-9-17(22)21-12(2)11-27-19(21)20-14/h4-6,8-9,11H,1,7,10H2,2-3H3. The molecule has 0 saturated carbocycles. The molecule has 7 nitrogen and oxygen atoms in total. The van der Waals surface area contributed by atoms with Crippen LogP contribution in [0.5, 0.6) is 11.5 Å². The molecule has 0 aliphatic carbocycles. The average molecular weight is 386 g/mol. The predicted molar refractivity (Wildman–Crippen MR) is 102 cm³/mol. The van der Waals surface area contributed by atoms with Crippen molar-refractivity contribution >= 4 is 22.3 Å². The van der Waals surface area contributed by atoms with Crippen molar-refractivity contribution in [2.45, 2.75) is 13.5 Å². The third kappa shape index (κ3) is 4.01. The smallest absolute Gasteiger partial charge is 0.338 e. The van der Waals surface area contributed by atoms with Gasteiger partial charge < -0.3 is 14.2 Å². The lowest BCUT2D eigenvalue weighted by atomic mass is 10.2. The first-order valence-corrected chi connectivity index (χ1v) is 8.97. The molecule has 2 aromatic heterocycles. The molecule has 27 heavy (non-hydrogen) atoms. The predicted octanol–water partition coefficient (Wildman–Crippen LogP) is 2.99. The molecular weight excluding hydrogens is 368 g/mol. The van der Waals surface area contributed by atoms with E-state index in [4.69, 9.17) is 14.2 Å². The summed E-state index contributed by atoms with van der Waals surface area (Å²) in [5, 5.41) is 1.85. The SMILES string of the molecule is C=CCOc1ccc(C(=O)OCc2cc(=O)n3c(C)csc3n2)cc1OC. The van der Waals surface area contributed by atoms with Crippen LogP contribution in [0.1, 0.15) is 21.7 Å². The molecule has 0 aliphatic rings. The number of carbonyl (C=O) groups excluding carboxylic acids is 1. The molecule has 140 valence electrons. The van der Waals surface area contributed by atoms with Crippen molar-refractivity contribution in [3.63, 3.8) is 0 Å². The fraction of sp³-hybridized carbons (Fsp3) is 0.211. The zero-order valence-electron chi connectivity index (χ0n) is 14.9. The third-order valence-corrected chi connectivity index (χ3v) is 4.68. The molecule has 0 aliphatic heterocycles. The first-order valence-electron chi connectivity index (χ1n) is 8.09. The largest absolute Gasteiger partial charge is 0.493 e. The van der Waals surface area contributed by atoms with Crippen LogP contribution >= 0.6 is 11.3 Å². The second-order valence-electron chi connectivity index (χ2n) is 5.62. The van der Waals surface area contributed by atoms with Gasteiger partial charge >= 0.3 is 5.97 Å². The molecule has 3 aromatic rings. The van der Waals surface area contributed by atoms with Crippen molar-refractivity contribution in [3.8, 4) is 11.5 Å². The van der Waals surface area contributed by atoms with Gasteiger partial charge in [-0.1, -0.05) is 12.7 Å². The molecule has 0 radical (unpaired) electrons. The molecule has 2 heterocycles. The molecule has 0 unspecified atom stereocenters. The molecular formula is C19H18N2O5S. The second-order valence-corrected chi connectivity index (χ2v) is 6.46. The Bertz CT molecular complexity index is 1050. The molecule has 0 spiro atoms. The number of aromatic nitrogens is 2. The topological polar surface area (TPSA) is 79.1 Å². The molecule has 0 saturated heterocycles. The van der Waals surface area contributed by atoms with E-state index in [-0.39, 0.29) is 12.2 Å². The van der Waals surface area contributed by atoms with Crippen LogP contribution in [0.3, 0.4) is 0 Å². The number of aryl methyl sites for hydroxylation is 1. The Labute approximate surface area is 159 Å². The van der Waals surface area contributed by atoms with E-state index in [2.05, 4.69) is 11.6 Å². The number of rotatable bonds is 7. The molecule has 0 fully saturated rings. The molecule has 0 bridgehead atoms. The Hall–Kier alpha value is -3.13. The van der Waals surface area contributed by atoms with Crippen LogP contribution in [0.4, 0.5) is 0 Å². The van der Waals surface area contributed by atoms with Crippen molar-refractivity contribution in [2.75, 3.05) is 13.7 Å². The van der Waals surface area contributed by atoms with Crippen LogP contribution in [-0.4, -0.2) is 29.1 Å². The van der Waals surface area contributed by atoms with Crippen LogP contribution in [0.25, 0.3) is 4.96 Å². The first-order chi connectivity index (χ1) is 13.0. The van der Waals surface area contributed by atoms with Crippen molar-refractivity contribution in [1.82, 2.24) is 9.38 Å². The third-order valence-electron chi connectivity index (χ3n) is 3.74. The normalized spacial score (nSPS) is 10.6. The number of thiazole rings is 1. The first kappa shape index (κ1) is 18.7. The summed E-state index contributed by atoms with van der Waals surface area (Å²) in [5.41, 5.74) is 1.33. The zero-order valence-corrected chi connectivity index (χ0v) is 15.7. The number of fused-ring (bicyclic) bond motifs is 1. The summed E-state index contributed by atoms with van der Waals surface area (Å²) in [7, 11) is 1.49. The van der Waals surface area contributed by atoms with Crippen LogP contribution < -0.4 is 15.0 Å². The maximum absolute atomic E-state index is 12.3. The summed E-state index contributed by atoms with van der Waals surface area (Å²) in [6.07, 6.45) is 1.61. The molecule has 0 N–H and O–H groups in total. The van der Waals surface area contributed by atoms with E-state index < -0.39 is 5.97 Å². The van der Waals surface area contributed by atoms with Crippen molar-refractivity contribution in [1.29, 1.82) is 0 Å². The van der Waals surface area contributed by atoms with Gasteiger partial charge in [-0.15, -0.1) is 11.3 Å². The number of hydrogen-bond donors (Lipinski definition) is 0. The number of ether oxygens (including phenoxy) is 3. The van der Waals surface area contributed by atoms with E-state index in [1.807, 2.05) is 12.3 Å². The van der Waals surface area contributed by atoms with Gasteiger partial charge in [0.15, 0.2) is 16.5 Å². The van der Waals surface area contributed by atoms with Gasteiger partial charge in [0.2, 0.25) is 0 Å². The van der Waals surface area contributed by atoms with E-state index in [0.29, 0.717) is 34.3 Å². The summed E-state index contributed by atoms with van der Waals surface area (Å²) in [4.78, 5) is 29.4. The van der Waals surface area contributed by atoms with E-state index in [0.717, 1.165) is 5.69 Å². The lowest BCUT2D eigenvalue weighted by Gasteiger charge is -2.11. The molecule has 8 heteroatoms.